The van der Waals surface area contributed by atoms with Gasteiger partial charge in [0.1, 0.15) is 17.3 Å². The van der Waals surface area contributed by atoms with Gasteiger partial charge in [0.05, 0.1) is 19.0 Å². The molecule has 5 N–H and O–H groups in total. The van der Waals surface area contributed by atoms with Crippen LogP contribution in [0.3, 0.4) is 0 Å². The van der Waals surface area contributed by atoms with Gasteiger partial charge in [0.25, 0.3) is 0 Å². The van der Waals surface area contributed by atoms with Crippen molar-refractivity contribution in [3.05, 3.63) is 11.0 Å². The molecule has 19 heavy (non-hydrogen) atoms. The minimum atomic E-state index is -0.731. The van der Waals surface area contributed by atoms with E-state index in [2.05, 4.69) is 15.0 Å². The average Bonchev–Trinajstić information content (AvgIpc) is 2.92. The third-order valence-electron chi connectivity index (χ3n) is 3.11. The number of rotatable bonds is 2. The van der Waals surface area contributed by atoms with Crippen molar-refractivity contribution in [3.63, 3.8) is 0 Å². The normalized spacial score (nSPS) is 27.2. The predicted molar refractivity (Wildman–Crippen MR) is 68.7 cm³/mol. The summed E-state index contributed by atoms with van der Waals surface area (Å²) < 4.78 is 7.47. The third kappa shape index (κ3) is 2.00. The molecule has 0 spiro atoms. The Hall–Kier alpha value is -1.55. The zero-order valence-electron chi connectivity index (χ0n) is 9.85. The predicted octanol–water partition coefficient (Wildman–Crippen LogP) is -0.288. The summed E-state index contributed by atoms with van der Waals surface area (Å²) in [5.41, 5.74) is 6.66. The number of hydrogen-bond acceptors (Lipinski definition) is 7. The lowest BCUT2D eigenvalue weighted by Gasteiger charge is -2.16. The molecule has 0 saturated carbocycles. The maximum absolute atomic E-state index is 9.99. The summed E-state index contributed by atoms with van der Waals surface area (Å²) in [4.78, 5) is 10.9. The molecule has 0 amide bonds. The molecule has 1 aliphatic rings. The highest BCUT2D eigenvalue weighted by atomic mass is 32.1. The number of H-pyrrole nitrogens is 1. The lowest BCUT2D eigenvalue weighted by molar-refractivity contribution is -0.0486. The summed E-state index contributed by atoms with van der Waals surface area (Å²) in [6, 6.07) is 0. The number of aliphatic hydroxyl groups excluding tert-OH is 2. The van der Waals surface area contributed by atoms with E-state index < -0.39 is 12.3 Å². The van der Waals surface area contributed by atoms with E-state index in [0.717, 1.165) is 0 Å². The highest BCUT2D eigenvalue weighted by Crippen LogP contribution is 2.30. The summed E-state index contributed by atoms with van der Waals surface area (Å²) in [7, 11) is 0. The molecule has 0 aliphatic carbocycles. The standard InChI is InChI=1S/C10H13N5O3S/c11-10-13-7-6(8(19)14-10)12-3-15(7)9-5(17)1-4(2-16)18-9/h3-5,9,16-17H,1-2H2,(H3,11,13,14,19)/t4-,5-,9+/m1/s1. The molecule has 1 saturated heterocycles. The molecular formula is C10H13N5O3S. The Kier molecular flexibility index (Phi) is 2.97. The number of ether oxygens (including phenoxy) is 1. The second kappa shape index (κ2) is 4.53. The van der Waals surface area contributed by atoms with Crippen LogP contribution in [0.2, 0.25) is 0 Å². The number of aromatic nitrogens is 4. The monoisotopic (exact) mass is 283 g/mol. The molecule has 1 aliphatic heterocycles. The molecule has 3 rings (SSSR count). The minimum Gasteiger partial charge on any atom is -0.394 e. The SMILES string of the molecule is Nc1nc(=S)c2ncn([C@H]3O[C@@H](CO)C[C@H]3O)c2[nH]1. The first kappa shape index (κ1) is 12.5. The van der Waals surface area contributed by atoms with Crippen molar-refractivity contribution in [2.24, 2.45) is 0 Å². The van der Waals surface area contributed by atoms with Gasteiger partial charge in [-0.25, -0.2) is 9.97 Å². The molecular weight excluding hydrogens is 270 g/mol. The van der Waals surface area contributed by atoms with Crippen molar-refractivity contribution in [2.75, 3.05) is 12.3 Å². The molecule has 3 heterocycles. The van der Waals surface area contributed by atoms with E-state index >= 15 is 0 Å². The Morgan fingerprint density at radius 2 is 2.42 bits per heavy atom. The van der Waals surface area contributed by atoms with E-state index in [1.165, 1.54) is 6.33 Å². The number of anilines is 1. The number of imidazole rings is 1. The highest BCUT2D eigenvalue weighted by Gasteiger charge is 2.35. The number of aliphatic hydroxyl groups is 2. The fourth-order valence-corrected chi connectivity index (χ4v) is 2.49. The van der Waals surface area contributed by atoms with Crippen molar-refractivity contribution in [2.45, 2.75) is 24.9 Å². The molecule has 0 unspecified atom stereocenters. The van der Waals surface area contributed by atoms with Gasteiger partial charge in [-0.15, -0.1) is 0 Å². The van der Waals surface area contributed by atoms with Crippen LogP contribution < -0.4 is 5.73 Å². The molecule has 0 radical (unpaired) electrons. The average molecular weight is 283 g/mol. The second-order valence-corrected chi connectivity index (χ2v) is 4.80. The van der Waals surface area contributed by atoms with E-state index in [9.17, 15) is 5.11 Å². The first-order valence-corrected chi connectivity index (χ1v) is 6.17. The fraction of sp³-hybridized carbons (Fsp3) is 0.500. The van der Waals surface area contributed by atoms with Gasteiger partial charge in [-0.05, 0) is 0 Å². The summed E-state index contributed by atoms with van der Waals surface area (Å²) >= 11 is 5.07. The zero-order valence-corrected chi connectivity index (χ0v) is 10.7. The molecule has 0 bridgehead atoms. The van der Waals surface area contributed by atoms with Gasteiger partial charge in [-0.3, -0.25) is 4.57 Å². The molecule has 2 aromatic heterocycles. The maximum atomic E-state index is 9.99. The van der Waals surface area contributed by atoms with Gasteiger partial charge in [0, 0.05) is 6.42 Å². The molecule has 102 valence electrons. The van der Waals surface area contributed by atoms with E-state index in [4.69, 9.17) is 27.8 Å². The van der Waals surface area contributed by atoms with Crippen molar-refractivity contribution >= 4 is 29.3 Å². The lowest BCUT2D eigenvalue weighted by Crippen LogP contribution is -2.19. The Morgan fingerprint density at radius 1 is 1.63 bits per heavy atom. The molecule has 3 atom stereocenters. The lowest BCUT2D eigenvalue weighted by atomic mass is 10.2. The van der Waals surface area contributed by atoms with Gasteiger partial charge in [0.15, 0.2) is 16.8 Å². The first-order chi connectivity index (χ1) is 9.10. The van der Waals surface area contributed by atoms with Crippen LogP contribution in [0.1, 0.15) is 12.6 Å². The van der Waals surface area contributed by atoms with Crippen molar-refractivity contribution < 1.29 is 14.9 Å². The molecule has 8 nitrogen and oxygen atoms in total. The molecule has 9 heteroatoms. The number of nitrogens with zero attached hydrogens (tertiary/aromatic N) is 3. The molecule has 0 aromatic carbocycles. The van der Waals surface area contributed by atoms with Gasteiger partial charge in [-0.1, -0.05) is 12.2 Å². The largest absolute Gasteiger partial charge is 0.394 e. The summed E-state index contributed by atoms with van der Waals surface area (Å²) in [5.74, 6) is 0.172. The Bertz CT molecular complexity index is 669. The van der Waals surface area contributed by atoms with E-state index in [0.29, 0.717) is 17.6 Å². The van der Waals surface area contributed by atoms with Gasteiger partial charge >= 0.3 is 0 Å². The van der Waals surface area contributed by atoms with Gasteiger partial charge < -0.3 is 25.7 Å². The summed E-state index contributed by atoms with van der Waals surface area (Å²) in [6.45, 7) is -0.139. The second-order valence-electron chi connectivity index (χ2n) is 4.41. The summed E-state index contributed by atoms with van der Waals surface area (Å²) in [5, 5.41) is 19.1. The van der Waals surface area contributed by atoms with E-state index in [1.54, 1.807) is 4.57 Å². The topological polar surface area (TPSA) is 122 Å². The van der Waals surface area contributed by atoms with Crippen molar-refractivity contribution in [1.82, 2.24) is 19.5 Å². The van der Waals surface area contributed by atoms with E-state index in [-0.39, 0.29) is 23.3 Å². The van der Waals surface area contributed by atoms with Gasteiger partial charge in [0.2, 0.25) is 0 Å². The molecule has 1 fully saturated rings. The number of aromatic amines is 1. The number of fused-ring (bicyclic) bond motifs is 1. The van der Waals surface area contributed by atoms with Crippen LogP contribution in [0, 0.1) is 4.64 Å². The zero-order chi connectivity index (χ0) is 13.6. The number of nitrogen functional groups attached to an aromatic ring is 1. The van der Waals surface area contributed by atoms with E-state index in [1.807, 2.05) is 0 Å². The quantitative estimate of drug-likeness (QED) is 0.559. The number of hydrogen-bond donors (Lipinski definition) is 4. The Morgan fingerprint density at radius 3 is 3.11 bits per heavy atom. The minimum absolute atomic E-state index is 0.139. The van der Waals surface area contributed by atoms with Crippen LogP contribution in [0.4, 0.5) is 5.95 Å². The summed E-state index contributed by atoms with van der Waals surface area (Å²) in [6.07, 6.45) is 0.119. The highest BCUT2D eigenvalue weighted by molar-refractivity contribution is 7.71. The number of nitrogens with one attached hydrogen (secondary N) is 1. The van der Waals surface area contributed by atoms with Crippen LogP contribution in [0.25, 0.3) is 11.2 Å². The van der Waals surface area contributed by atoms with Crippen LogP contribution in [0.15, 0.2) is 6.33 Å². The van der Waals surface area contributed by atoms with Crippen LogP contribution in [-0.2, 0) is 4.74 Å². The van der Waals surface area contributed by atoms with Crippen LogP contribution in [-0.4, -0.2) is 48.5 Å². The smallest absolute Gasteiger partial charge is 0.200 e. The Labute approximate surface area is 112 Å². The number of nitrogens with two attached hydrogens (primary N) is 1. The van der Waals surface area contributed by atoms with Crippen LogP contribution in [0.5, 0.6) is 0 Å². The van der Waals surface area contributed by atoms with Crippen molar-refractivity contribution in [1.29, 1.82) is 0 Å². The fourth-order valence-electron chi connectivity index (χ4n) is 2.24. The van der Waals surface area contributed by atoms with Gasteiger partial charge in [-0.2, -0.15) is 0 Å². The third-order valence-corrected chi connectivity index (χ3v) is 3.39. The first-order valence-electron chi connectivity index (χ1n) is 5.77. The maximum Gasteiger partial charge on any atom is 0.200 e. The van der Waals surface area contributed by atoms with Crippen LogP contribution >= 0.6 is 12.2 Å². The molecule has 2 aromatic rings. The van der Waals surface area contributed by atoms with Crippen molar-refractivity contribution in [3.8, 4) is 0 Å². The Balaban J connectivity index is 2.09.